The molecule has 6 nitrogen and oxygen atoms in total. The Bertz CT molecular complexity index is 397. The van der Waals surface area contributed by atoms with Gasteiger partial charge >= 0.3 is 0 Å². The van der Waals surface area contributed by atoms with E-state index in [1.807, 2.05) is 6.92 Å². The summed E-state index contributed by atoms with van der Waals surface area (Å²) in [5, 5.41) is 2.13. The second-order valence-corrected chi connectivity index (χ2v) is 5.39. The summed E-state index contributed by atoms with van der Waals surface area (Å²) < 4.78 is 0. The van der Waals surface area contributed by atoms with Gasteiger partial charge in [0, 0.05) is 31.6 Å². The van der Waals surface area contributed by atoms with E-state index in [9.17, 15) is 19.2 Å². The lowest BCUT2D eigenvalue weighted by molar-refractivity contribution is -0.149. The fraction of sp³-hybridized carbons (Fsp3) is 0.667. The molecule has 106 valence electrons. The molecule has 1 unspecified atom stereocenters. The number of hydrogen-bond donors (Lipinski definition) is 1. The zero-order valence-electron chi connectivity index (χ0n) is 11.1. The van der Waals surface area contributed by atoms with Crippen molar-refractivity contribution in [1.82, 2.24) is 10.2 Å². The van der Waals surface area contributed by atoms with Gasteiger partial charge in [0.25, 0.3) is 0 Å². The van der Waals surface area contributed by atoms with Gasteiger partial charge in [0.15, 0.2) is 0 Å². The Kier molecular flexibility index (Phi) is 6.01. The first-order valence-corrected chi connectivity index (χ1v) is 7.34. The Hall–Kier alpha value is -1.37. The van der Waals surface area contributed by atoms with E-state index in [0.29, 0.717) is 18.7 Å². The van der Waals surface area contributed by atoms with Crippen LogP contribution in [0.25, 0.3) is 0 Å². The zero-order chi connectivity index (χ0) is 14.4. The summed E-state index contributed by atoms with van der Waals surface area (Å²) >= 11 is 1.26. The number of amides is 4. The molecule has 7 heteroatoms. The third-order valence-electron chi connectivity index (χ3n) is 2.68. The molecule has 0 spiro atoms. The molecular weight excluding hydrogens is 268 g/mol. The number of nitrogens with zero attached hydrogens (tertiary/aromatic N) is 1. The Balaban J connectivity index is 2.45. The Labute approximate surface area is 116 Å². The van der Waals surface area contributed by atoms with Crippen LogP contribution in [0.1, 0.15) is 33.1 Å². The lowest BCUT2D eigenvalue weighted by Gasteiger charge is -2.11. The first kappa shape index (κ1) is 15.7. The normalized spacial score (nSPS) is 18.8. The Morgan fingerprint density at radius 1 is 1.37 bits per heavy atom. The van der Waals surface area contributed by atoms with Crippen molar-refractivity contribution in [2.75, 3.05) is 12.3 Å². The van der Waals surface area contributed by atoms with Crippen LogP contribution in [-0.4, -0.2) is 46.1 Å². The second kappa shape index (κ2) is 7.28. The average Bonchev–Trinajstić information content (AvgIpc) is 2.64. The van der Waals surface area contributed by atoms with Crippen molar-refractivity contribution in [2.24, 2.45) is 0 Å². The van der Waals surface area contributed by atoms with Gasteiger partial charge in [0.1, 0.15) is 0 Å². The minimum absolute atomic E-state index is 0.0463. The molecule has 1 saturated heterocycles. The maximum Gasteiger partial charge on any atom is 0.249 e. The molecule has 0 radical (unpaired) electrons. The van der Waals surface area contributed by atoms with Crippen LogP contribution in [0.2, 0.25) is 0 Å². The summed E-state index contributed by atoms with van der Waals surface area (Å²) in [4.78, 5) is 46.9. The molecule has 1 aliphatic rings. The molecule has 1 aliphatic heterocycles. The third-order valence-corrected chi connectivity index (χ3v) is 3.89. The van der Waals surface area contributed by atoms with E-state index in [2.05, 4.69) is 5.32 Å². The van der Waals surface area contributed by atoms with E-state index in [1.165, 1.54) is 11.8 Å². The number of thioether (sulfide) groups is 1. The maximum atomic E-state index is 11.9. The van der Waals surface area contributed by atoms with E-state index >= 15 is 0 Å². The predicted molar refractivity (Wildman–Crippen MR) is 71.3 cm³/mol. The van der Waals surface area contributed by atoms with Crippen molar-refractivity contribution in [3.8, 4) is 0 Å². The van der Waals surface area contributed by atoms with Gasteiger partial charge in [0.2, 0.25) is 23.6 Å². The Morgan fingerprint density at radius 2 is 2.05 bits per heavy atom. The standard InChI is InChI=1S/C12H18N2O4S/c1-3-10(16)14-11(17)7-8(12(14)18)19-6-5-9(15)13-4-2/h8H,3-7H2,1-2H3,(H,13,15). The van der Waals surface area contributed by atoms with Crippen LogP contribution < -0.4 is 5.32 Å². The number of carbonyl (C=O) groups excluding carboxylic acids is 4. The zero-order valence-corrected chi connectivity index (χ0v) is 11.9. The van der Waals surface area contributed by atoms with Crippen LogP contribution in [0.5, 0.6) is 0 Å². The molecule has 0 bridgehead atoms. The van der Waals surface area contributed by atoms with Crippen molar-refractivity contribution >= 4 is 35.4 Å². The number of nitrogens with one attached hydrogen (secondary N) is 1. The highest BCUT2D eigenvalue weighted by molar-refractivity contribution is 8.00. The molecule has 19 heavy (non-hydrogen) atoms. The highest BCUT2D eigenvalue weighted by Crippen LogP contribution is 2.26. The van der Waals surface area contributed by atoms with Gasteiger partial charge in [0.05, 0.1) is 5.25 Å². The van der Waals surface area contributed by atoms with E-state index in [4.69, 9.17) is 0 Å². The summed E-state index contributed by atoms with van der Waals surface area (Å²) in [7, 11) is 0. The second-order valence-electron chi connectivity index (χ2n) is 4.08. The highest BCUT2D eigenvalue weighted by atomic mass is 32.2. The SMILES string of the molecule is CCNC(=O)CCSC1CC(=O)N(C(=O)CC)C1=O. The van der Waals surface area contributed by atoms with Crippen LogP contribution in [0, 0.1) is 0 Å². The number of likely N-dealkylation sites (tertiary alicyclic amines) is 1. The first-order chi connectivity index (χ1) is 9.01. The smallest absolute Gasteiger partial charge is 0.249 e. The molecule has 0 saturated carbocycles. The van der Waals surface area contributed by atoms with Gasteiger partial charge in [-0.15, -0.1) is 11.8 Å². The number of hydrogen-bond acceptors (Lipinski definition) is 5. The molecule has 0 aliphatic carbocycles. The third kappa shape index (κ3) is 4.05. The number of rotatable bonds is 6. The lowest BCUT2D eigenvalue weighted by atomic mass is 10.3. The molecule has 1 atom stereocenters. The van der Waals surface area contributed by atoms with Gasteiger partial charge in [-0.3, -0.25) is 19.2 Å². The van der Waals surface area contributed by atoms with Crippen molar-refractivity contribution < 1.29 is 19.2 Å². The highest BCUT2D eigenvalue weighted by Gasteiger charge is 2.41. The van der Waals surface area contributed by atoms with Crippen LogP contribution in [-0.2, 0) is 19.2 Å². The van der Waals surface area contributed by atoms with E-state index < -0.39 is 23.0 Å². The van der Waals surface area contributed by atoms with Crippen LogP contribution in [0.3, 0.4) is 0 Å². The van der Waals surface area contributed by atoms with Crippen LogP contribution in [0.15, 0.2) is 0 Å². The predicted octanol–water partition coefficient (Wildman–Crippen LogP) is 0.310. The van der Waals surface area contributed by atoms with Gasteiger partial charge < -0.3 is 5.32 Å². The minimum atomic E-state index is -0.530. The molecule has 0 aromatic heterocycles. The fourth-order valence-electron chi connectivity index (χ4n) is 1.73. The van der Waals surface area contributed by atoms with Crippen molar-refractivity contribution in [3.05, 3.63) is 0 Å². The first-order valence-electron chi connectivity index (χ1n) is 6.29. The van der Waals surface area contributed by atoms with E-state index in [0.717, 1.165) is 4.90 Å². The number of imide groups is 3. The summed E-state index contributed by atoms with van der Waals surface area (Å²) in [5.41, 5.74) is 0. The molecular formula is C12H18N2O4S. The largest absolute Gasteiger partial charge is 0.356 e. The molecule has 0 aromatic carbocycles. The molecule has 0 aromatic rings. The van der Waals surface area contributed by atoms with Crippen molar-refractivity contribution in [2.45, 2.75) is 38.4 Å². The van der Waals surface area contributed by atoms with Crippen LogP contribution in [0.4, 0.5) is 0 Å². The summed E-state index contributed by atoms with van der Waals surface area (Å²) in [5.74, 6) is -0.955. The molecule has 4 amide bonds. The van der Waals surface area contributed by atoms with Gasteiger partial charge in [-0.2, -0.15) is 0 Å². The fourth-order valence-corrected chi connectivity index (χ4v) is 2.83. The lowest BCUT2D eigenvalue weighted by Crippen LogP contribution is -2.36. The van der Waals surface area contributed by atoms with E-state index in [-0.39, 0.29) is 18.7 Å². The van der Waals surface area contributed by atoms with Crippen molar-refractivity contribution in [3.63, 3.8) is 0 Å². The quantitative estimate of drug-likeness (QED) is 0.710. The maximum absolute atomic E-state index is 11.9. The van der Waals surface area contributed by atoms with Gasteiger partial charge in [-0.05, 0) is 6.92 Å². The Morgan fingerprint density at radius 3 is 2.63 bits per heavy atom. The number of carbonyl (C=O) groups is 4. The summed E-state index contributed by atoms with van der Waals surface area (Å²) in [6.45, 7) is 4.01. The molecule has 1 N–H and O–H groups in total. The molecule has 1 rings (SSSR count). The minimum Gasteiger partial charge on any atom is -0.356 e. The monoisotopic (exact) mass is 286 g/mol. The van der Waals surface area contributed by atoms with Crippen LogP contribution >= 0.6 is 11.8 Å². The van der Waals surface area contributed by atoms with Gasteiger partial charge in [-0.25, -0.2) is 4.90 Å². The topological polar surface area (TPSA) is 83.6 Å². The molecule has 1 fully saturated rings. The molecule has 1 heterocycles. The summed E-state index contributed by atoms with van der Waals surface area (Å²) in [6.07, 6.45) is 0.483. The summed E-state index contributed by atoms with van der Waals surface area (Å²) in [6, 6.07) is 0. The van der Waals surface area contributed by atoms with E-state index in [1.54, 1.807) is 6.92 Å². The van der Waals surface area contributed by atoms with Crippen molar-refractivity contribution in [1.29, 1.82) is 0 Å². The average molecular weight is 286 g/mol. The van der Waals surface area contributed by atoms with Gasteiger partial charge in [-0.1, -0.05) is 6.92 Å².